The van der Waals surface area contributed by atoms with Crippen LogP contribution in [0.1, 0.15) is 103 Å². The Kier molecular flexibility index (Phi) is 6.62. The Morgan fingerprint density at radius 2 is 0.769 bits per heavy atom. The molecule has 0 amide bonds. The Morgan fingerprint density at radius 1 is 0.423 bits per heavy atom. The van der Waals surface area contributed by atoms with Gasteiger partial charge in [0.1, 0.15) is 0 Å². The van der Waals surface area contributed by atoms with Crippen molar-refractivity contribution in [3.63, 3.8) is 0 Å². The molecule has 0 unspecified atom stereocenters. The molecule has 4 fully saturated rings. The van der Waals surface area contributed by atoms with Crippen LogP contribution < -0.4 is 0 Å². The molecule has 0 aromatic rings. The highest BCUT2D eigenvalue weighted by molar-refractivity contribution is 4.73. The lowest BCUT2D eigenvalue weighted by Gasteiger charge is -2.48. The van der Waals surface area contributed by atoms with Crippen LogP contribution in [0, 0.1) is 0 Å². The van der Waals surface area contributed by atoms with Gasteiger partial charge < -0.3 is 8.97 Å². The smallest absolute Gasteiger partial charge is 0.0890 e. The van der Waals surface area contributed by atoms with Crippen molar-refractivity contribution in [2.75, 3.05) is 39.3 Å². The Morgan fingerprint density at radius 3 is 1.12 bits per heavy atom. The van der Waals surface area contributed by atoms with Crippen molar-refractivity contribution in [1.29, 1.82) is 0 Å². The number of hydrogen-bond acceptors (Lipinski definition) is 0. The zero-order chi connectivity index (χ0) is 17.7. The lowest BCUT2D eigenvalue weighted by atomic mass is 9.99. The number of rotatable bonds is 7. The van der Waals surface area contributed by atoms with Gasteiger partial charge in [-0.05, 0) is 89.9 Å². The third-order valence-electron chi connectivity index (χ3n) is 9.07. The van der Waals surface area contributed by atoms with Gasteiger partial charge in [0.2, 0.25) is 0 Å². The topological polar surface area (TPSA) is 0 Å². The van der Waals surface area contributed by atoms with Crippen molar-refractivity contribution in [3.8, 4) is 0 Å². The summed E-state index contributed by atoms with van der Waals surface area (Å²) in [5.74, 6) is 0. The monoisotopic (exact) mass is 362 g/mol. The molecule has 2 saturated heterocycles. The Labute approximate surface area is 163 Å². The van der Waals surface area contributed by atoms with Crippen molar-refractivity contribution in [3.05, 3.63) is 0 Å². The summed E-state index contributed by atoms with van der Waals surface area (Å²) in [5, 5.41) is 0. The first-order valence-electron chi connectivity index (χ1n) is 12.5. The molecule has 4 rings (SSSR count). The summed E-state index contributed by atoms with van der Waals surface area (Å²) < 4.78 is 3.09. The highest BCUT2D eigenvalue weighted by atomic mass is 15.4. The van der Waals surface area contributed by atoms with Gasteiger partial charge in [0.25, 0.3) is 0 Å². The summed E-state index contributed by atoms with van der Waals surface area (Å²) in [6.45, 7) is 9.13. The normalized spacial score (nSPS) is 30.0. The van der Waals surface area contributed by atoms with E-state index in [9.17, 15) is 0 Å². The van der Waals surface area contributed by atoms with Gasteiger partial charge in [0.15, 0.2) is 0 Å². The van der Waals surface area contributed by atoms with Gasteiger partial charge >= 0.3 is 0 Å². The average molecular weight is 363 g/mol. The summed E-state index contributed by atoms with van der Waals surface area (Å²) in [6.07, 6.45) is 24.4. The standard InChI is InChI=1S/C24H46N2/c1-7-17-25(18-8-1,23-13-3-4-14-23)21-11-12-22-26(19-9-2-10-20-26)24-15-5-6-16-24/h23-24H,1-22H2/q+2. The lowest BCUT2D eigenvalue weighted by molar-refractivity contribution is -0.960. The molecule has 0 N–H and O–H groups in total. The molecule has 4 aliphatic rings. The second-order valence-corrected chi connectivity index (χ2v) is 10.5. The Hall–Kier alpha value is -0.0800. The van der Waals surface area contributed by atoms with E-state index in [0.29, 0.717) is 0 Å². The molecule has 2 saturated carbocycles. The molecule has 0 atom stereocenters. The maximum Gasteiger partial charge on any atom is 0.0890 e. The van der Waals surface area contributed by atoms with E-state index >= 15 is 0 Å². The number of piperidine rings is 2. The zero-order valence-electron chi connectivity index (χ0n) is 17.6. The van der Waals surface area contributed by atoms with Gasteiger partial charge in [-0.1, -0.05) is 0 Å². The van der Waals surface area contributed by atoms with Gasteiger partial charge in [-0.15, -0.1) is 0 Å². The van der Waals surface area contributed by atoms with E-state index in [0.717, 1.165) is 12.1 Å². The number of nitrogens with zero attached hydrogens (tertiary/aromatic N) is 2. The third kappa shape index (κ3) is 4.17. The SMILES string of the molecule is C1CC[N+](CCCC[N+]2(C3CCCC3)CCCCC2)(C2CCCC2)CC1. The minimum Gasteiger partial charge on any atom is -0.321 e. The van der Waals surface area contributed by atoms with Crippen LogP contribution in [0.4, 0.5) is 0 Å². The minimum atomic E-state index is 1.04. The average Bonchev–Trinajstić information content (AvgIpc) is 3.41. The molecule has 0 bridgehead atoms. The highest BCUT2D eigenvalue weighted by Gasteiger charge is 2.41. The van der Waals surface area contributed by atoms with Crippen molar-refractivity contribution >= 4 is 0 Å². The Balaban J connectivity index is 1.32. The molecule has 2 aliphatic carbocycles. The van der Waals surface area contributed by atoms with Gasteiger partial charge in [-0.25, -0.2) is 0 Å². The molecular formula is C24H46N2+2. The van der Waals surface area contributed by atoms with E-state index in [1.807, 2.05) is 0 Å². The van der Waals surface area contributed by atoms with Crippen molar-refractivity contribution in [2.24, 2.45) is 0 Å². The number of hydrogen-bond donors (Lipinski definition) is 0. The molecule has 0 spiro atoms. The van der Waals surface area contributed by atoms with Crippen LogP contribution in [-0.4, -0.2) is 60.3 Å². The summed E-state index contributed by atoms with van der Waals surface area (Å²) in [4.78, 5) is 0. The van der Waals surface area contributed by atoms with E-state index in [-0.39, 0.29) is 0 Å². The fraction of sp³-hybridized carbons (Fsp3) is 1.00. The molecule has 2 heterocycles. The largest absolute Gasteiger partial charge is 0.321 e. The van der Waals surface area contributed by atoms with Crippen LogP contribution in [-0.2, 0) is 0 Å². The fourth-order valence-corrected chi connectivity index (χ4v) is 7.58. The van der Waals surface area contributed by atoms with Gasteiger partial charge in [0, 0.05) is 12.8 Å². The molecule has 0 aromatic carbocycles. The van der Waals surface area contributed by atoms with Gasteiger partial charge in [-0.2, -0.15) is 0 Å². The molecule has 0 aromatic heterocycles. The maximum absolute atomic E-state index is 1.55. The molecule has 150 valence electrons. The van der Waals surface area contributed by atoms with Crippen LogP contribution in [0.2, 0.25) is 0 Å². The minimum absolute atomic E-state index is 1.04. The van der Waals surface area contributed by atoms with Crippen LogP contribution in [0.15, 0.2) is 0 Å². The lowest BCUT2D eigenvalue weighted by Crippen LogP contribution is -2.59. The zero-order valence-corrected chi connectivity index (χ0v) is 17.6. The fourth-order valence-electron chi connectivity index (χ4n) is 7.58. The second kappa shape index (κ2) is 8.95. The molecule has 2 nitrogen and oxygen atoms in total. The maximum atomic E-state index is 1.55. The van der Waals surface area contributed by atoms with Crippen LogP contribution in [0.5, 0.6) is 0 Å². The first kappa shape index (κ1) is 19.2. The molecular weight excluding hydrogens is 316 g/mol. The van der Waals surface area contributed by atoms with Gasteiger partial charge in [-0.3, -0.25) is 0 Å². The van der Waals surface area contributed by atoms with Crippen LogP contribution in [0.25, 0.3) is 0 Å². The molecule has 0 radical (unpaired) electrons. The summed E-state index contributed by atoms with van der Waals surface area (Å²) in [5.41, 5.74) is 0. The molecule has 2 aliphatic heterocycles. The molecule has 26 heavy (non-hydrogen) atoms. The van der Waals surface area contributed by atoms with E-state index in [2.05, 4.69) is 0 Å². The predicted molar refractivity (Wildman–Crippen MR) is 111 cm³/mol. The first-order chi connectivity index (χ1) is 12.8. The molecule has 2 heteroatoms. The summed E-state index contributed by atoms with van der Waals surface area (Å²) in [6, 6.07) is 2.09. The second-order valence-electron chi connectivity index (χ2n) is 10.5. The van der Waals surface area contributed by atoms with Crippen LogP contribution >= 0.6 is 0 Å². The summed E-state index contributed by atoms with van der Waals surface area (Å²) in [7, 11) is 0. The van der Waals surface area contributed by atoms with Crippen molar-refractivity contribution in [2.45, 2.75) is 115 Å². The van der Waals surface area contributed by atoms with E-state index in [1.54, 1.807) is 34.6 Å². The number of quaternary nitrogens is 2. The Bertz CT molecular complexity index is 368. The predicted octanol–water partition coefficient (Wildman–Crippen LogP) is 5.65. The van der Waals surface area contributed by atoms with Crippen LogP contribution in [0.3, 0.4) is 0 Å². The third-order valence-corrected chi connectivity index (χ3v) is 9.07. The number of likely N-dealkylation sites (tertiary alicyclic amines) is 2. The quantitative estimate of drug-likeness (QED) is 0.405. The highest BCUT2D eigenvalue weighted by Crippen LogP contribution is 2.36. The summed E-state index contributed by atoms with van der Waals surface area (Å²) >= 11 is 0. The van der Waals surface area contributed by atoms with E-state index in [4.69, 9.17) is 0 Å². The number of unbranched alkanes of at least 4 members (excludes halogenated alkanes) is 1. The first-order valence-corrected chi connectivity index (χ1v) is 12.5. The van der Waals surface area contributed by atoms with Crippen molar-refractivity contribution in [1.82, 2.24) is 0 Å². The van der Waals surface area contributed by atoms with E-state index in [1.165, 1.54) is 116 Å². The van der Waals surface area contributed by atoms with E-state index < -0.39 is 0 Å². The van der Waals surface area contributed by atoms with Gasteiger partial charge in [0.05, 0.1) is 51.4 Å². The van der Waals surface area contributed by atoms with Crippen molar-refractivity contribution < 1.29 is 8.97 Å².